The molecule has 1 amide bonds. The molecule has 120 valence electrons. The molecular weight excluding hydrogens is 312 g/mol. The smallest absolute Gasteiger partial charge is 0.240 e. The van der Waals surface area contributed by atoms with Gasteiger partial charge in [0.05, 0.1) is 4.90 Å². The van der Waals surface area contributed by atoms with Crippen molar-refractivity contribution in [1.29, 1.82) is 0 Å². The number of amides is 1. The molecule has 0 spiro atoms. The van der Waals surface area contributed by atoms with Crippen molar-refractivity contribution in [2.75, 3.05) is 5.32 Å². The summed E-state index contributed by atoms with van der Waals surface area (Å²) in [6, 6.07) is 15.4. The van der Waals surface area contributed by atoms with Gasteiger partial charge in [-0.2, -0.15) is 0 Å². The van der Waals surface area contributed by atoms with Gasteiger partial charge in [0.15, 0.2) is 0 Å². The molecule has 5 nitrogen and oxygen atoms in total. The minimum absolute atomic E-state index is 0.0579. The van der Waals surface area contributed by atoms with Crippen molar-refractivity contribution in [1.82, 2.24) is 4.72 Å². The maximum Gasteiger partial charge on any atom is 0.240 e. The van der Waals surface area contributed by atoms with Gasteiger partial charge in [0.1, 0.15) is 0 Å². The largest absolute Gasteiger partial charge is 0.326 e. The van der Waals surface area contributed by atoms with Crippen molar-refractivity contribution in [3.05, 3.63) is 60.2 Å². The Balaban J connectivity index is 1.59. The number of benzene rings is 2. The van der Waals surface area contributed by atoms with Gasteiger partial charge in [0.2, 0.25) is 15.9 Å². The van der Waals surface area contributed by atoms with Crippen LogP contribution in [0.2, 0.25) is 0 Å². The molecule has 0 aromatic heterocycles. The summed E-state index contributed by atoms with van der Waals surface area (Å²) in [5.41, 5.74) is 1.56. The van der Waals surface area contributed by atoms with Crippen molar-refractivity contribution in [2.24, 2.45) is 5.92 Å². The molecule has 1 saturated carbocycles. The standard InChI is InChI=1S/C17H18N2O3S/c20-17(14-8-9-14)19-15-10-6-13(7-11-15)12-18-23(21,22)16-4-2-1-3-5-16/h1-7,10-11,14,18H,8-9,12H2,(H,19,20). The number of rotatable bonds is 6. The summed E-state index contributed by atoms with van der Waals surface area (Å²) in [6.45, 7) is 0.202. The van der Waals surface area contributed by atoms with E-state index >= 15 is 0 Å². The van der Waals surface area contributed by atoms with E-state index in [4.69, 9.17) is 0 Å². The van der Waals surface area contributed by atoms with Crippen molar-refractivity contribution in [2.45, 2.75) is 24.3 Å². The zero-order valence-corrected chi connectivity index (χ0v) is 13.3. The first-order chi connectivity index (χ1) is 11.0. The predicted octanol–water partition coefficient (Wildman–Crippen LogP) is 2.51. The van der Waals surface area contributed by atoms with Crippen LogP contribution in [0, 0.1) is 5.92 Å². The fourth-order valence-corrected chi connectivity index (χ4v) is 3.20. The number of nitrogens with one attached hydrogen (secondary N) is 2. The Kier molecular flexibility index (Phi) is 4.45. The highest BCUT2D eigenvalue weighted by atomic mass is 32.2. The van der Waals surface area contributed by atoms with Gasteiger partial charge in [0.25, 0.3) is 0 Å². The number of hydrogen-bond acceptors (Lipinski definition) is 3. The average Bonchev–Trinajstić information content (AvgIpc) is 3.40. The Labute approximate surface area is 135 Å². The fourth-order valence-electron chi connectivity index (χ4n) is 2.16. The summed E-state index contributed by atoms with van der Waals surface area (Å²) < 4.78 is 26.8. The summed E-state index contributed by atoms with van der Waals surface area (Å²) in [4.78, 5) is 11.9. The lowest BCUT2D eigenvalue weighted by Crippen LogP contribution is -2.23. The minimum Gasteiger partial charge on any atom is -0.326 e. The molecule has 23 heavy (non-hydrogen) atoms. The number of carbonyl (C=O) groups excluding carboxylic acids is 1. The third-order valence-electron chi connectivity index (χ3n) is 3.69. The molecule has 6 heteroatoms. The van der Waals surface area contributed by atoms with Gasteiger partial charge in [-0.15, -0.1) is 0 Å². The van der Waals surface area contributed by atoms with E-state index in [9.17, 15) is 13.2 Å². The van der Waals surface area contributed by atoms with Gasteiger partial charge in [-0.25, -0.2) is 13.1 Å². The third-order valence-corrected chi connectivity index (χ3v) is 5.11. The molecule has 0 radical (unpaired) electrons. The fraction of sp³-hybridized carbons (Fsp3) is 0.235. The summed E-state index contributed by atoms with van der Waals surface area (Å²) in [7, 11) is -3.51. The van der Waals surface area contributed by atoms with Gasteiger partial charge >= 0.3 is 0 Å². The summed E-state index contributed by atoms with van der Waals surface area (Å²) in [5.74, 6) is 0.217. The highest BCUT2D eigenvalue weighted by molar-refractivity contribution is 7.89. The Bertz CT molecular complexity index is 782. The lowest BCUT2D eigenvalue weighted by Gasteiger charge is -2.08. The van der Waals surface area contributed by atoms with Gasteiger partial charge in [-0.1, -0.05) is 30.3 Å². The molecule has 0 bridgehead atoms. The molecular formula is C17H18N2O3S. The van der Waals surface area contributed by atoms with E-state index in [0.29, 0.717) is 0 Å². The maximum atomic E-state index is 12.1. The van der Waals surface area contributed by atoms with Crippen LogP contribution in [0.15, 0.2) is 59.5 Å². The monoisotopic (exact) mass is 330 g/mol. The molecule has 1 fully saturated rings. The molecule has 0 aliphatic heterocycles. The first-order valence-electron chi connectivity index (χ1n) is 7.49. The van der Waals surface area contributed by atoms with Crippen LogP contribution in [0.5, 0.6) is 0 Å². The van der Waals surface area contributed by atoms with E-state index in [2.05, 4.69) is 10.0 Å². The molecule has 3 rings (SSSR count). The van der Waals surface area contributed by atoms with Crippen LogP contribution < -0.4 is 10.0 Å². The zero-order chi connectivity index (χ0) is 16.3. The molecule has 0 unspecified atom stereocenters. The Morgan fingerprint density at radius 2 is 1.65 bits per heavy atom. The zero-order valence-electron chi connectivity index (χ0n) is 12.5. The molecule has 0 heterocycles. The first kappa shape index (κ1) is 15.7. The van der Waals surface area contributed by atoms with E-state index < -0.39 is 10.0 Å². The van der Waals surface area contributed by atoms with Crippen molar-refractivity contribution in [3.8, 4) is 0 Å². The quantitative estimate of drug-likeness (QED) is 0.854. The van der Waals surface area contributed by atoms with E-state index in [1.54, 1.807) is 54.6 Å². The van der Waals surface area contributed by atoms with Crippen molar-refractivity contribution < 1.29 is 13.2 Å². The molecule has 0 atom stereocenters. The van der Waals surface area contributed by atoms with Crippen LogP contribution in [-0.4, -0.2) is 14.3 Å². The normalized spacial score (nSPS) is 14.4. The van der Waals surface area contributed by atoms with Gasteiger partial charge in [-0.3, -0.25) is 4.79 Å². The molecule has 0 saturated heterocycles. The second kappa shape index (κ2) is 6.52. The molecule has 1 aliphatic carbocycles. The second-order valence-electron chi connectivity index (χ2n) is 5.60. The van der Waals surface area contributed by atoms with Gasteiger partial charge in [0, 0.05) is 18.2 Å². The van der Waals surface area contributed by atoms with Crippen LogP contribution in [0.25, 0.3) is 0 Å². The lowest BCUT2D eigenvalue weighted by atomic mass is 10.2. The maximum absolute atomic E-state index is 12.1. The summed E-state index contributed by atoms with van der Waals surface area (Å²) in [6.07, 6.45) is 1.93. The van der Waals surface area contributed by atoms with Crippen LogP contribution in [0.4, 0.5) is 5.69 Å². The lowest BCUT2D eigenvalue weighted by molar-refractivity contribution is -0.117. The van der Waals surface area contributed by atoms with Crippen LogP contribution in [-0.2, 0) is 21.4 Å². The Hall–Kier alpha value is -2.18. The number of anilines is 1. The topological polar surface area (TPSA) is 75.3 Å². The number of carbonyl (C=O) groups is 1. The van der Waals surface area contributed by atoms with Crippen LogP contribution in [0.1, 0.15) is 18.4 Å². The van der Waals surface area contributed by atoms with Gasteiger partial charge in [-0.05, 0) is 42.7 Å². The number of sulfonamides is 1. The highest BCUT2D eigenvalue weighted by Crippen LogP contribution is 2.30. The first-order valence-corrected chi connectivity index (χ1v) is 8.97. The van der Waals surface area contributed by atoms with Crippen LogP contribution in [0.3, 0.4) is 0 Å². The Morgan fingerprint density at radius 1 is 1.00 bits per heavy atom. The summed E-state index contributed by atoms with van der Waals surface area (Å²) >= 11 is 0. The minimum atomic E-state index is -3.51. The SMILES string of the molecule is O=C(Nc1ccc(CNS(=O)(=O)c2ccccc2)cc1)C1CC1. The highest BCUT2D eigenvalue weighted by Gasteiger charge is 2.29. The average molecular weight is 330 g/mol. The predicted molar refractivity (Wildman–Crippen MR) is 88.3 cm³/mol. The molecule has 1 aliphatic rings. The Morgan fingerprint density at radius 3 is 2.26 bits per heavy atom. The van der Waals surface area contributed by atoms with Crippen molar-refractivity contribution >= 4 is 21.6 Å². The van der Waals surface area contributed by atoms with Gasteiger partial charge < -0.3 is 5.32 Å². The number of hydrogen-bond donors (Lipinski definition) is 2. The molecule has 2 aromatic carbocycles. The van der Waals surface area contributed by atoms with E-state index in [0.717, 1.165) is 24.1 Å². The van der Waals surface area contributed by atoms with Crippen molar-refractivity contribution in [3.63, 3.8) is 0 Å². The second-order valence-corrected chi connectivity index (χ2v) is 7.37. The summed E-state index contributed by atoms with van der Waals surface area (Å²) in [5, 5.41) is 2.85. The molecule has 2 N–H and O–H groups in total. The molecule has 2 aromatic rings. The van der Waals surface area contributed by atoms with E-state index in [1.165, 1.54) is 0 Å². The third kappa shape index (κ3) is 4.18. The van der Waals surface area contributed by atoms with E-state index in [-0.39, 0.29) is 23.3 Å². The van der Waals surface area contributed by atoms with Crippen LogP contribution >= 0.6 is 0 Å². The van der Waals surface area contributed by atoms with E-state index in [1.807, 2.05) is 0 Å².